The summed E-state index contributed by atoms with van der Waals surface area (Å²) in [5, 5.41) is 0. The summed E-state index contributed by atoms with van der Waals surface area (Å²) in [6, 6.07) is 9.32. The molecule has 0 saturated heterocycles. The van der Waals surface area contributed by atoms with Crippen LogP contribution < -0.4 is 0 Å². The van der Waals surface area contributed by atoms with Gasteiger partial charge in [0.05, 0.1) is 0 Å². The van der Waals surface area contributed by atoms with E-state index < -0.39 is 0 Å². The van der Waals surface area contributed by atoms with E-state index in [0.717, 1.165) is 120 Å². The average Bonchev–Trinajstić information content (AvgIpc) is 1.52. The third kappa shape index (κ3) is 29.2. The van der Waals surface area contributed by atoms with Gasteiger partial charge in [-0.15, -0.1) is 0 Å². The molecule has 1 spiro atoms. The van der Waals surface area contributed by atoms with Gasteiger partial charge in [0.15, 0.2) is 0 Å². The van der Waals surface area contributed by atoms with Gasteiger partial charge in [0.2, 0.25) is 0 Å². The summed E-state index contributed by atoms with van der Waals surface area (Å²) in [7, 11) is 0. The van der Waals surface area contributed by atoms with Gasteiger partial charge in [-0.2, -0.15) is 0 Å². The predicted octanol–water partition coefficient (Wildman–Crippen LogP) is 36.0. The molecule has 0 aromatic carbocycles. The van der Waals surface area contributed by atoms with Gasteiger partial charge in [0.25, 0.3) is 0 Å². The van der Waals surface area contributed by atoms with E-state index in [1.807, 2.05) is 0 Å². The highest BCUT2D eigenvalue weighted by Crippen LogP contribution is 2.76. The van der Waals surface area contributed by atoms with E-state index >= 15 is 0 Å². The summed E-state index contributed by atoms with van der Waals surface area (Å²) >= 11 is 0. The Morgan fingerprint density at radius 2 is 0.273 bits per heavy atom. The first kappa shape index (κ1) is 96.9. The van der Waals surface area contributed by atoms with Crippen LogP contribution in [0.25, 0.3) is 0 Å². The maximum atomic E-state index is 3.54. The highest BCUT2D eigenvalue weighted by Gasteiger charge is 2.70. The summed E-state index contributed by atoms with van der Waals surface area (Å²) < 4.78 is 0. The Hall–Kier alpha value is -0.160. The second-order valence-electron chi connectivity index (χ2n) is 47.7. The molecule has 14 saturated carbocycles. The SMILES string of the molecule is C1CCCCCC(N(CC2CCCCC3C(CC2)C2CCCC(N(C4CCCCCCCC4)C4CCCCCCC4)CCCC2C32C3CCCCC(N(C4CCCCCCCCCC4)C4CCCCCCCCC4)CCCC3C3CCCC(N(C4CCCCCCCCC4)C4CCCCCCCC4)CCCCC32)C2CCCCCCCC2)CCCC1. The molecule has 0 N–H and O–H groups in total. The van der Waals surface area contributed by atoms with Crippen molar-refractivity contribution in [2.45, 2.75) is 676 Å². The van der Waals surface area contributed by atoms with E-state index in [9.17, 15) is 0 Å². The smallest absolute Gasteiger partial charge is 0.0101 e. The lowest BCUT2D eigenvalue weighted by Crippen LogP contribution is -2.50. The van der Waals surface area contributed by atoms with Crippen molar-refractivity contribution in [1.82, 2.24) is 19.6 Å². The molecule has 13 atom stereocenters. The molecule has 4 nitrogen and oxygen atoms in total. The predicted molar refractivity (Wildman–Crippen MR) is 526 cm³/mol. The van der Waals surface area contributed by atoms with Crippen molar-refractivity contribution in [3.63, 3.8) is 0 Å². The molecule has 4 heteroatoms. The van der Waals surface area contributed by atoms with Crippen molar-refractivity contribution in [2.75, 3.05) is 6.54 Å². The molecular formula is C117H212N4. The van der Waals surface area contributed by atoms with Crippen LogP contribution in [0.4, 0.5) is 0 Å². The largest absolute Gasteiger partial charge is 0.297 e. The van der Waals surface area contributed by atoms with Gasteiger partial charge in [-0.1, -0.05) is 405 Å². The Morgan fingerprint density at radius 1 is 0.124 bits per heavy atom. The Labute approximate surface area is 756 Å². The van der Waals surface area contributed by atoms with Crippen molar-refractivity contribution in [3.8, 4) is 0 Å². The molecule has 14 fully saturated rings. The van der Waals surface area contributed by atoms with E-state index in [-0.39, 0.29) is 0 Å². The molecule has 0 aromatic heterocycles. The Balaban J connectivity index is 0.845. The zero-order chi connectivity index (χ0) is 82.2. The van der Waals surface area contributed by atoms with Gasteiger partial charge in [0.1, 0.15) is 0 Å². The molecule has 0 heterocycles. The minimum Gasteiger partial charge on any atom is -0.297 e. The first-order chi connectivity index (χ1) is 60.2. The van der Waals surface area contributed by atoms with Crippen LogP contribution >= 0.6 is 0 Å². The van der Waals surface area contributed by atoms with Gasteiger partial charge in [-0.25, -0.2) is 0 Å². The Bertz CT molecular complexity index is 2530. The quantitative estimate of drug-likeness (QED) is 0.182. The maximum absolute atomic E-state index is 3.54. The molecule has 0 amide bonds. The minimum absolute atomic E-state index is 0.563. The normalized spacial score (nSPS) is 35.7. The van der Waals surface area contributed by atoms with Crippen LogP contribution in [0.1, 0.15) is 610 Å². The zero-order valence-electron chi connectivity index (χ0n) is 81.7. The molecule has 700 valence electrons. The lowest BCUT2D eigenvalue weighted by atomic mass is 9.54. The summed E-state index contributed by atoms with van der Waals surface area (Å²) in [6.07, 6.45) is 146. The van der Waals surface area contributed by atoms with Crippen molar-refractivity contribution >= 4 is 0 Å². The fourth-order valence-electron chi connectivity index (χ4n) is 34.4. The third-order valence-electron chi connectivity index (χ3n) is 40.0. The Kier molecular flexibility index (Phi) is 44.8. The fourth-order valence-corrected chi connectivity index (χ4v) is 34.4. The summed E-state index contributed by atoms with van der Waals surface area (Å²) in [4.78, 5) is 14.1. The topological polar surface area (TPSA) is 13.0 Å². The van der Waals surface area contributed by atoms with Crippen LogP contribution in [-0.4, -0.2) is 92.6 Å². The van der Waals surface area contributed by atoms with Crippen molar-refractivity contribution in [2.24, 2.45) is 58.7 Å². The van der Waals surface area contributed by atoms with Gasteiger partial charge >= 0.3 is 0 Å². The molecule has 0 bridgehead atoms. The summed E-state index contributed by atoms with van der Waals surface area (Å²) in [6.45, 7) is 1.49. The lowest BCUT2D eigenvalue weighted by Gasteiger charge is -2.50. The molecule has 14 aliphatic carbocycles. The van der Waals surface area contributed by atoms with E-state index in [4.69, 9.17) is 0 Å². The maximum Gasteiger partial charge on any atom is 0.0101 e. The highest BCUT2D eigenvalue weighted by molar-refractivity contribution is 5.18. The van der Waals surface area contributed by atoms with Crippen LogP contribution in [-0.2, 0) is 0 Å². The molecule has 14 rings (SSSR count). The van der Waals surface area contributed by atoms with Gasteiger partial charge < -0.3 is 0 Å². The second kappa shape index (κ2) is 56.0. The number of hydrogen-bond acceptors (Lipinski definition) is 4. The lowest BCUT2D eigenvalue weighted by molar-refractivity contribution is -0.0248. The summed E-state index contributed by atoms with van der Waals surface area (Å²) in [5.74, 6) is 8.80. The first-order valence-corrected chi connectivity index (χ1v) is 59.3. The van der Waals surface area contributed by atoms with Crippen molar-refractivity contribution < 1.29 is 0 Å². The van der Waals surface area contributed by atoms with E-state index in [2.05, 4.69) is 19.6 Å². The number of hydrogen-bond donors (Lipinski definition) is 0. The van der Waals surface area contributed by atoms with Crippen LogP contribution in [0, 0.1) is 58.7 Å². The number of nitrogens with zero attached hydrogens (tertiary/aromatic N) is 4. The number of rotatable bonds is 13. The second-order valence-corrected chi connectivity index (χ2v) is 47.7. The molecular weight excluding hydrogens is 1460 g/mol. The molecule has 14 aliphatic rings. The van der Waals surface area contributed by atoms with Crippen LogP contribution in [0.2, 0.25) is 0 Å². The van der Waals surface area contributed by atoms with E-state index in [0.29, 0.717) is 5.41 Å². The standard InChI is InChI=1S/C117H212N4/c1-2-8-23-39-66-98(65-38-22-7-1)118(99-67-40-24-15-16-25-41-68-99)96-97-64-54-57-90-115-112(95-94-97)111-89-62-85-108(121(105-79-52-36-21-37-53-80-105)104-77-50-34-19-20-35-51-78-104)86-63-93-116(111)117(115)113-91-58-55-81-106(119(101-71-44-28-11-5-12-29-45-72-101)100-69-42-26-9-3-4-10-27-43-70-100)83-60-87-109(113)110-88-61-84-107(82-56-59-92-114(110)117)120(103-75-48-32-17-18-33-49-76-103)102-73-46-30-13-6-14-31-47-74-102/h97-116H,1-96H2. The van der Waals surface area contributed by atoms with Crippen LogP contribution in [0.3, 0.4) is 0 Å². The molecule has 0 aromatic rings. The fraction of sp³-hybridized carbons (Fsp3) is 1.00. The number of fused-ring (bicyclic) bond motifs is 10. The monoisotopic (exact) mass is 1670 g/mol. The van der Waals surface area contributed by atoms with Gasteiger partial charge in [0, 0.05) is 73.0 Å². The van der Waals surface area contributed by atoms with Crippen molar-refractivity contribution in [3.05, 3.63) is 0 Å². The van der Waals surface area contributed by atoms with Crippen LogP contribution in [0.5, 0.6) is 0 Å². The Morgan fingerprint density at radius 3 is 0.496 bits per heavy atom. The van der Waals surface area contributed by atoms with Gasteiger partial charge in [-0.3, -0.25) is 19.6 Å². The van der Waals surface area contributed by atoms with Crippen molar-refractivity contribution in [1.29, 1.82) is 0 Å². The first-order valence-electron chi connectivity index (χ1n) is 59.3. The molecule has 13 unspecified atom stereocenters. The zero-order valence-corrected chi connectivity index (χ0v) is 81.7. The average molecular weight is 1680 g/mol. The van der Waals surface area contributed by atoms with E-state index in [1.54, 1.807) is 167 Å². The van der Waals surface area contributed by atoms with E-state index in [1.165, 1.54) is 450 Å². The summed E-state index contributed by atoms with van der Waals surface area (Å²) in [5.41, 5.74) is 0.563. The molecule has 0 radical (unpaired) electrons. The van der Waals surface area contributed by atoms with Crippen LogP contribution in [0.15, 0.2) is 0 Å². The molecule has 0 aliphatic heterocycles. The third-order valence-corrected chi connectivity index (χ3v) is 40.0. The van der Waals surface area contributed by atoms with Gasteiger partial charge in [-0.05, 0) is 264 Å². The molecule has 121 heavy (non-hydrogen) atoms. The highest BCUT2D eigenvalue weighted by atomic mass is 15.2. The minimum atomic E-state index is 0.563.